The third kappa shape index (κ3) is 3.61. The number of alkyl halides is 3. The molecule has 0 atom stereocenters. The van der Waals surface area contributed by atoms with Crippen molar-refractivity contribution in [1.29, 1.82) is 0 Å². The lowest BCUT2D eigenvalue weighted by atomic mass is 10.1. The molecule has 3 nitrogen and oxygen atoms in total. The van der Waals surface area contributed by atoms with Crippen LogP contribution in [0.4, 0.5) is 18.9 Å². The van der Waals surface area contributed by atoms with Crippen LogP contribution in [0.5, 0.6) is 5.75 Å². The van der Waals surface area contributed by atoms with E-state index in [4.69, 9.17) is 0 Å². The van der Waals surface area contributed by atoms with Gasteiger partial charge in [-0.2, -0.15) is 0 Å². The lowest BCUT2D eigenvalue weighted by Gasteiger charge is -2.09. The van der Waals surface area contributed by atoms with E-state index in [0.29, 0.717) is 11.3 Å². The van der Waals surface area contributed by atoms with Crippen molar-refractivity contribution < 1.29 is 17.9 Å². The first kappa shape index (κ1) is 13.2. The van der Waals surface area contributed by atoms with Crippen LogP contribution in [0.15, 0.2) is 42.6 Å². The summed E-state index contributed by atoms with van der Waals surface area (Å²) < 4.78 is 39.9. The smallest absolute Gasteiger partial charge is 0.406 e. The molecule has 0 saturated heterocycles. The van der Waals surface area contributed by atoms with E-state index in [0.717, 1.165) is 5.69 Å². The lowest BCUT2D eigenvalue weighted by Crippen LogP contribution is -2.16. The molecule has 1 aromatic carbocycles. The second kappa shape index (κ2) is 5.17. The minimum atomic E-state index is -4.67. The maximum atomic E-state index is 12.0. The lowest BCUT2D eigenvalue weighted by molar-refractivity contribution is -0.274. The third-order valence-corrected chi connectivity index (χ3v) is 2.43. The molecule has 0 amide bonds. The minimum absolute atomic E-state index is 0.249. The Morgan fingerprint density at radius 3 is 2.37 bits per heavy atom. The summed E-state index contributed by atoms with van der Waals surface area (Å²) in [5.74, 6) is -0.249. The highest BCUT2D eigenvalue weighted by Gasteiger charge is 2.30. The molecule has 6 heteroatoms. The molecule has 0 spiro atoms. The van der Waals surface area contributed by atoms with Crippen LogP contribution in [0.2, 0.25) is 0 Å². The van der Waals surface area contributed by atoms with E-state index in [1.807, 2.05) is 0 Å². The molecule has 0 radical (unpaired) electrons. The maximum absolute atomic E-state index is 12.0. The molecule has 0 aliphatic carbocycles. The summed E-state index contributed by atoms with van der Waals surface area (Å²) >= 11 is 0. The van der Waals surface area contributed by atoms with E-state index in [-0.39, 0.29) is 5.75 Å². The fraction of sp³-hybridized carbons (Fsp3) is 0.154. The predicted octanol–water partition coefficient (Wildman–Crippen LogP) is 3.69. The van der Waals surface area contributed by atoms with Crippen LogP contribution in [-0.2, 0) is 0 Å². The van der Waals surface area contributed by atoms with E-state index < -0.39 is 6.36 Å². The van der Waals surface area contributed by atoms with Gasteiger partial charge < -0.3 is 10.1 Å². The number of hydrogen-bond acceptors (Lipinski definition) is 3. The molecule has 0 saturated carbocycles. The molecule has 19 heavy (non-hydrogen) atoms. The van der Waals surface area contributed by atoms with Crippen LogP contribution in [0.25, 0.3) is 11.3 Å². The number of nitrogens with one attached hydrogen (secondary N) is 1. The van der Waals surface area contributed by atoms with Crippen molar-refractivity contribution in [2.24, 2.45) is 0 Å². The van der Waals surface area contributed by atoms with Gasteiger partial charge in [0.2, 0.25) is 0 Å². The van der Waals surface area contributed by atoms with Gasteiger partial charge in [0, 0.05) is 24.5 Å². The quantitative estimate of drug-likeness (QED) is 0.921. The molecule has 1 heterocycles. The van der Waals surface area contributed by atoms with Crippen LogP contribution in [0.3, 0.4) is 0 Å². The Balaban J connectivity index is 2.22. The number of pyridine rings is 1. The Kier molecular flexibility index (Phi) is 3.59. The normalized spacial score (nSPS) is 11.2. The summed E-state index contributed by atoms with van der Waals surface area (Å²) in [5.41, 5.74) is 2.26. The molecule has 2 aromatic rings. The van der Waals surface area contributed by atoms with Gasteiger partial charge in [-0.15, -0.1) is 13.2 Å². The summed E-state index contributed by atoms with van der Waals surface area (Å²) in [7, 11) is 1.78. The molecule has 0 unspecified atom stereocenters. The maximum Gasteiger partial charge on any atom is 0.573 e. The van der Waals surface area contributed by atoms with Crippen LogP contribution in [-0.4, -0.2) is 18.4 Å². The summed E-state index contributed by atoms with van der Waals surface area (Å²) in [6, 6.07) is 9.18. The van der Waals surface area contributed by atoms with Gasteiger partial charge in [-0.1, -0.05) is 0 Å². The molecule has 2 rings (SSSR count). The predicted molar refractivity (Wildman–Crippen MR) is 65.9 cm³/mol. The van der Waals surface area contributed by atoms with E-state index in [9.17, 15) is 13.2 Å². The number of aromatic nitrogens is 1. The number of halogens is 3. The fourth-order valence-electron chi connectivity index (χ4n) is 1.57. The van der Waals surface area contributed by atoms with Crippen molar-refractivity contribution in [3.8, 4) is 17.0 Å². The van der Waals surface area contributed by atoms with Gasteiger partial charge in [0.1, 0.15) is 5.75 Å². The fourth-order valence-corrected chi connectivity index (χ4v) is 1.57. The average Bonchev–Trinajstić information content (AvgIpc) is 2.38. The van der Waals surface area contributed by atoms with Crippen LogP contribution < -0.4 is 10.1 Å². The SMILES string of the molecule is CNc1ccnc(-c2ccc(OC(F)(F)F)cc2)c1. The molecule has 100 valence electrons. The van der Waals surface area contributed by atoms with Crippen molar-refractivity contribution in [2.45, 2.75) is 6.36 Å². The van der Waals surface area contributed by atoms with Crippen LogP contribution >= 0.6 is 0 Å². The number of anilines is 1. The monoisotopic (exact) mass is 268 g/mol. The summed E-state index contributed by atoms with van der Waals surface area (Å²) in [6.45, 7) is 0. The summed E-state index contributed by atoms with van der Waals surface area (Å²) in [4.78, 5) is 4.16. The van der Waals surface area contributed by atoms with Gasteiger partial charge in [0.25, 0.3) is 0 Å². The van der Waals surface area contributed by atoms with Crippen molar-refractivity contribution >= 4 is 5.69 Å². The molecule has 0 bridgehead atoms. The van der Waals surface area contributed by atoms with Gasteiger partial charge in [-0.25, -0.2) is 0 Å². The Labute approximate surface area is 108 Å². The van der Waals surface area contributed by atoms with Gasteiger partial charge in [-0.3, -0.25) is 4.98 Å². The Morgan fingerprint density at radius 1 is 1.11 bits per heavy atom. The van der Waals surface area contributed by atoms with Crippen molar-refractivity contribution in [1.82, 2.24) is 4.98 Å². The molecule has 0 aliphatic heterocycles. The zero-order chi connectivity index (χ0) is 13.9. The highest BCUT2D eigenvalue weighted by Crippen LogP contribution is 2.26. The van der Waals surface area contributed by atoms with Gasteiger partial charge in [-0.05, 0) is 36.4 Å². The number of hydrogen-bond donors (Lipinski definition) is 1. The standard InChI is InChI=1S/C13H11F3N2O/c1-17-10-6-7-18-12(8-10)9-2-4-11(5-3-9)19-13(14,15)16/h2-8H,1H3,(H,17,18). The van der Waals surface area contributed by atoms with Crippen molar-refractivity contribution in [3.05, 3.63) is 42.6 Å². The first-order chi connectivity index (χ1) is 8.98. The van der Waals surface area contributed by atoms with Crippen LogP contribution in [0, 0.1) is 0 Å². The highest BCUT2D eigenvalue weighted by atomic mass is 19.4. The number of rotatable bonds is 3. The first-order valence-electron chi connectivity index (χ1n) is 5.48. The number of ether oxygens (including phenoxy) is 1. The highest BCUT2D eigenvalue weighted by molar-refractivity contribution is 5.64. The average molecular weight is 268 g/mol. The Bertz CT molecular complexity index is 553. The molecule has 1 aromatic heterocycles. The van der Waals surface area contributed by atoms with Crippen LogP contribution in [0.1, 0.15) is 0 Å². The van der Waals surface area contributed by atoms with E-state index >= 15 is 0 Å². The zero-order valence-electron chi connectivity index (χ0n) is 10.0. The third-order valence-electron chi connectivity index (χ3n) is 2.43. The molecular formula is C13H11F3N2O. The number of nitrogens with zero attached hydrogens (tertiary/aromatic N) is 1. The summed E-state index contributed by atoms with van der Waals surface area (Å²) in [5, 5.41) is 2.97. The van der Waals surface area contributed by atoms with Gasteiger partial charge in [0.05, 0.1) is 5.69 Å². The number of benzene rings is 1. The molecular weight excluding hydrogens is 257 g/mol. The zero-order valence-corrected chi connectivity index (χ0v) is 10.0. The van der Waals surface area contributed by atoms with Gasteiger partial charge in [0.15, 0.2) is 0 Å². The first-order valence-corrected chi connectivity index (χ1v) is 5.48. The Hall–Kier alpha value is -2.24. The van der Waals surface area contributed by atoms with Crippen molar-refractivity contribution in [2.75, 3.05) is 12.4 Å². The molecule has 0 aliphatic rings. The van der Waals surface area contributed by atoms with E-state index in [1.165, 1.54) is 24.3 Å². The van der Waals surface area contributed by atoms with Crippen molar-refractivity contribution in [3.63, 3.8) is 0 Å². The van der Waals surface area contributed by atoms with E-state index in [1.54, 1.807) is 25.4 Å². The topological polar surface area (TPSA) is 34.2 Å². The summed E-state index contributed by atoms with van der Waals surface area (Å²) in [6.07, 6.45) is -3.05. The largest absolute Gasteiger partial charge is 0.573 e. The van der Waals surface area contributed by atoms with E-state index in [2.05, 4.69) is 15.0 Å². The Morgan fingerprint density at radius 2 is 1.79 bits per heavy atom. The molecule has 1 N–H and O–H groups in total. The van der Waals surface area contributed by atoms with Gasteiger partial charge >= 0.3 is 6.36 Å². The second-order valence-corrected chi connectivity index (χ2v) is 3.75. The second-order valence-electron chi connectivity index (χ2n) is 3.75. The minimum Gasteiger partial charge on any atom is -0.406 e. The molecule has 0 fully saturated rings.